The first-order valence-electron chi connectivity index (χ1n) is 8.40. The molecule has 1 aliphatic carbocycles. The molecule has 0 aromatic heterocycles. The highest BCUT2D eigenvalue weighted by Gasteiger charge is 2.14. The Labute approximate surface area is 134 Å². The zero-order valence-electron chi connectivity index (χ0n) is 14.1. The van der Waals surface area contributed by atoms with E-state index in [2.05, 4.69) is 53.7 Å². The molecule has 0 radical (unpaired) electrons. The van der Waals surface area contributed by atoms with E-state index in [-0.39, 0.29) is 0 Å². The highest BCUT2D eigenvalue weighted by Crippen LogP contribution is 2.23. The molecule has 22 heavy (non-hydrogen) atoms. The Morgan fingerprint density at radius 3 is 2.45 bits per heavy atom. The van der Waals surface area contributed by atoms with Gasteiger partial charge >= 0.3 is 0 Å². The maximum atomic E-state index is 6.05. The third kappa shape index (κ3) is 5.58. The van der Waals surface area contributed by atoms with E-state index in [0.29, 0.717) is 12.1 Å². The Hall–Kier alpha value is -1.71. The molecule has 2 rings (SSSR count). The molecule has 0 aliphatic heterocycles. The second-order valence-corrected chi connectivity index (χ2v) is 6.25. The number of aliphatic imine (C=N–C) groups is 1. The zero-order chi connectivity index (χ0) is 15.8. The molecule has 1 fully saturated rings. The van der Waals surface area contributed by atoms with Crippen LogP contribution in [0.25, 0.3) is 0 Å². The number of hydrogen-bond acceptors (Lipinski definition) is 2. The van der Waals surface area contributed by atoms with Crippen LogP contribution in [-0.2, 0) is 6.54 Å². The van der Waals surface area contributed by atoms with E-state index < -0.39 is 0 Å². The first-order valence-corrected chi connectivity index (χ1v) is 8.40. The van der Waals surface area contributed by atoms with E-state index in [1.807, 2.05) is 0 Å². The lowest BCUT2D eigenvalue weighted by atomic mass is 9.98. The van der Waals surface area contributed by atoms with Gasteiger partial charge in [-0.15, -0.1) is 0 Å². The normalized spacial score (nSPS) is 16.6. The van der Waals surface area contributed by atoms with E-state index >= 15 is 0 Å². The largest absolute Gasteiger partial charge is 0.490 e. The van der Waals surface area contributed by atoms with Crippen LogP contribution in [0.15, 0.2) is 29.3 Å². The van der Waals surface area contributed by atoms with Crippen LogP contribution in [0.4, 0.5) is 0 Å². The highest BCUT2D eigenvalue weighted by atomic mass is 16.5. The standard InChI is InChI=1S/C18H29N3O/c1-14(2)21-18(19-3)20-13-15-9-11-17(12-10-15)22-16-7-5-4-6-8-16/h9-12,14,16H,4-8,13H2,1-3H3,(H2,19,20,21). The molecule has 1 aromatic carbocycles. The number of hydrogen-bond donors (Lipinski definition) is 2. The Bertz CT molecular complexity index is 462. The van der Waals surface area contributed by atoms with Crippen molar-refractivity contribution in [2.24, 2.45) is 4.99 Å². The van der Waals surface area contributed by atoms with Gasteiger partial charge in [0.1, 0.15) is 5.75 Å². The topological polar surface area (TPSA) is 45.7 Å². The molecule has 0 unspecified atom stereocenters. The summed E-state index contributed by atoms with van der Waals surface area (Å²) in [6.45, 7) is 4.96. The van der Waals surface area contributed by atoms with Crippen LogP contribution in [-0.4, -0.2) is 25.2 Å². The van der Waals surface area contributed by atoms with Crippen molar-refractivity contribution in [3.63, 3.8) is 0 Å². The fourth-order valence-corrected chi connectivity index (χ4v) is 2.72. The first-order chi connectivity index (χ1) is 10.7. The quantitative estimate of drug-likeness (QED) is 0.647. The van der Waals surface area contributed by atoms with E-state index in [0.717, 1.165) is 18.3 Å². The fraction of sp³-hybridized carbons (Fsp3) is 0.611. The molecule has 4 nitrogen and oxygen atoms in total. The summed E-state index contributed by atoms with van der Waals surface area (Å²) < 4.78 is 6.05. The molecule has 4 heteroatoms. The van der Waals surface area contributed by atoms with E-state index in [1.165, 1.54) is 37.7 Å². The Kier molecular flexibility index (Phi) is 6.56. The summed E-state index contributed by atoms with van der Waals surface area (Å²) in [5.41, 5.74) is 1.22. The summed E-state index contributed by atoms with van der Waals surface area (Å²) in [6.07, 6.45) is 6.76. The van der Waals surface area contributed by atoms with Gasteiger partial charge in [-0.1, -0.05) is 18.6 Å². The summed E-state index contributed by atoms with van der Waals surface area (Å²) in [4.78, 5) is 4.21. The molecule has 0 heterocycles. The van der Waals surface area contributed by atoms with Gasteiger partial charge in [-0.3, -0.25) is 4.99 Å². The first kappa shape index (κ1) is 16.7. The van der Waals surface area contributed by atoms with Crippen molar-refractivity contribution in [2.75, 3.05) is 7.05 Å². The average molecular weight is 303 g/mol. The van der Waals surface area contributed by atoms with Gasteiger partial charge in [-0.25, -0.2) is 0 Å². The third-order valence-electron chi connectivity index (χ3n) is 3.89. The van der Waals surface area contributed by atoms with Crippen LogP contribution in [0.2, 0.25) is 0 Å². The summed E-state index contributed by atoms with van der Waals surface area (Å²) in [6, 6.07) is 8.76. The summed E-state index contributed by atoms with van der Waals surface area (Å²) in [5.74, 6) is 1.82. The minimum Gasteiger partial charge on any atom is -0.490 e. The van der Waals surface area contributed by atoms with Gasteiger partial charge in [0.05, 0.1) is 6.10 Å². The van der Waals surface area contributed by atoms with Crippen LogP contribution in [0, 0.1) is 0 Å². The van der Waals surface area contributed by atoms with Crippen LogP contribution in [0.5, 0.6) is 5.75 Å². The van der Waals surface area contributed by atoms with Crippen LogP contribution in [0.3, 0.4) is 0 Å². The Morgan fingerprint density at radius 2 is 1.86 bits per heavy atom. The number of guanidine groups is 1. The molecular weight excluding hydrogens is 274 g/mol. The molecule has 1 aromatic rings. The molecule has 2 N–H and O–H groups in total. The maximum Gasteiger partial charge on any atom is 0.191 e. The number of nitrogens with one attached hydrogen (secondary N) is 2. The van der Waals surface area contributed by atoms with Gasteiger partial charge in [-0.05, 0) is 57.2 Å². The van der Waals surface area contributed by atoms with Crippen LogP contribution >= 0.6 is 0 Å². The molecule has 0 amide bonds. The van der Waals surface area contributed by atoms with Gasteiger partial charge in [0.2, 0.25) is 0 Å². The number of ether oxygens (including phenoxy) is 1. The van der Waals surface area contributed by atoms with E-state index in [9.17, 15) is 0 Å². The number of benzene rings is 1. The van der Waals surface area contributed by atoms with Crippen molar-refractivity contribution in [3.8, 4) is 5.75 Å². The Morgan fingerprint density at radius 1 is 1.18 bits per heavy atom. The molecule has 1 saturated carbocycles. The van der Waals surface area contributed by atoms with E-state index in [4.69, 9.17) is 4.74 Å². The summed E-state index contributed by atoms with van der Waals surface area (Å²) in [5, 5.41) is 6.60. The minimum atomic E-state index is 0.373. The molecule has 0 spiro atoms. The second-order valence-electron chi connectivity index (χ2n) is 6.25. The van der Waals surface area contributed by atoms with Crippen LogP contribution in [0.1, 0.15) is 51.5 Å². The number of nitrogens with zero attached hydrogens (tertiary/aromatic N) is 1. The second kappa shape index (κ2) is 8.66. The smallest absolute Gasteiger partial charge is 0.191 e. The molecular formula is C18H29N3O. The van der Waals surface area contributed by atoms with Crippen molar-refractivity contribution < 1.29 is 4.74 Å². The van der Waals surface area contributed by atoms with Crippen molar-refractivity contribution >= 4 is 5.96 Å². The third-order valence-corrected chi connectivity index (χ3v) is 3.89. The van der Waals surface area contributed by atoms with Crippen molar-refractivity contribution in [3.05, 3.63) is 29.8 Å². The van der Waals surface area contributed by atoms with Crippen molar-refractivity contribution in [1.29, 1.82) is 0 Å². The van der Waals surface area contributed by atoms with Gasteiger partial charge in [-0.2, -0.15) is 0 Å². The van der Waals surface area contributed by atoms with Gasteiger partial charge in [0.25, 0.3) is 0 Å². The SMILES string of the molecule is CN=C(NCc1ccc(OC2CCCCC2)cc1)NC(C)C. The summed E-state index contributed by atoms with van der Waals surface area (Å²) in [7, 11) is 1.79. The predicted octanol–water partition coefficient (Wildman–Crippen LogP) is 3.47. The predicted molar refractivity (Wildman–Crippen MR) is 92.4 cm³/mol. The van der Waals surface area contributed by atoms with Gasteiger partial charge in [0, 0.05) is 19.6 Å². The number of rotatable bonds is 5. The average Bonchev–Trinajstić information content (AvgIpc) is 2.53. The van der Waals surface area contributed by atoms with E-state index in [1.54, 1.807) is 7.05 Å². The zero-order valence-corrected chi connectivity index (χ0v) is 14.1. The molecule has 122 valence electrons. The minimum absolute atomic E-state index is 0.373. The maximum absolute atomic E-state index is 6.05. The van der Waals surface area contributed by atoms with Crippen molar-refractivity contribution in [2.45, 2.75) is 64.6 Å². The van der Waals surface area contributed by atoms with Crippen LogP contribution < -0.4 is 15.4 Å². The van der Waals surface area contributed by atoms with Crippen molar-refractivity contribution in [1.82, 2.24) is 10.6 Å². The highest BCUT2D eigenvalue weighted by molar-refractivity contribution is 5.79. The lowest BCUT2D eigenvalue weighted by Gasteiger charge is -2.23. The summed E-state index contributed by atoms with van der Waals surface area (Å²) >= 11 is 0. The monoisotopic (exact) mass is 303 g/mol. The molecule has 0 bridgehead atoms. The molecule has 0 atom stereocenters. The van der Waals surface area contributed by atoms with Gasteiger partial charge < -0.3 is 15.4 Å². The molecule has 1 aliphatic rings. The lowest BCUT2D eigenvalue weighted by molar-refractivity contribution is 0.155. The molecule has 0 saturated heterocycles. The fourth-order valence-electron chi connectivity index (χ4n) is 2.72. The Balaban J connectivity index is 1.81. The lowest BCUT2D eigenvalue weighted by Crippen LogP contribution is -2.40. The van der Waals surface area contributed by atoms with Gasteiger partial charge in [0.15, 0.2) is 5.96 Å².